The van der Waals surface area contributed by atoms with Crippen LogP contribution in [-0.2, 0) is 9.53 Å². The van der Waals surface area contributed by atoms with Crippen LogP contribution in [0.2, 0.25) is 0 Å². The van der Waals surface area contributed by atoms with E-state index in [-0.39, 0.29) is 17.3 Å². The van der Waals surface area contributed by atoms with E-state index in [0.29, 0.717) is 29.2 Å². The number of aryl methyl sites for hydroxylation is 1. The van der Waals surface area contributed by atoms with Gasteiger partial charge in [-0.05, 0) is 68.0 Å². The largest absolute Gasteiger partial charge is 0.497 e. The van der Waals surface area contributed by atoms with Crippen molar-refractivity contribution in [3.8, 4) is 17.2 Å². The molecule has 7 heteroatoms. The molecule has 172 valence electrons. The number of carbonyl (C=O) groups excluding carboxylic acids is 2. The van der Waals surface area contributed by atoms with Crippen LogP contribution in [0.1, 0.15) is 34.0 Å². The summed E-state index contributed by atoms with van der Waals surface area (Å²) in [5.74, 6) is 0.349. The van der Waals surface area contributed by atoms with Crippen LogP contribution in [0.4, 0.5) is 0 Å². The maximum Gasteiger partial charge on any atom is 0.363 e. The topological polar surface area (TPSA) is 83.4 Å². The fourth-order valence-electron chi connectivity index (χ4n) is 3.34. The molecule has 0 atom stereocenters. The van der Waals surface area contributed by atoms with E-state index in [0.717, 1.165) is 11.1 Å². The summed E-state index contributed by atoms with van der Waals surface area (Å²) in [6, 6.07) is 19.2. The Morgan fingerprint density at radius 1 is 1.03 bits per heavy atom. The van der Waals surface area contributed by atoms with Gasteiger partial charge < -0.3 is 18.9 Å². The summed E-state index contributed by atoms with van der Waals surface area (Å²) in [7, 11) is 1.53. The molecule has 3 aromatic rings. The summed E-state index contributed by atoms with van der Waals surface area (Å²) < 4.78 is 21.7. The number of hydrogen-bond donors (Lipinski definition) is 0. The zero-order valence-corrected chi connectivity index (χ0v) is 19.0. The van der Waals surface area contributed by atoms with Crippen LogP contribution in [0.3, 0.4) is 0 Å². The lowest BCUT2D eigenvalue weighted by molar-refractivity contribution is -0.129. The molecule has 1 aliphatic rings. The molecule has 0 spiro atoms. The van der Waals surface area contributed by atoms with Gasteiger partial charge in [0.1, 0.15) is 5.75 Å². The summed E-state index contributed by atoms with van der Waals surface area (Å²) in [6.07, 6.45) is 1.60. The van der Waals surface area contributed by atoms with Crippen molar-refractivity contribution < 1.29 is 28.5 Å². The Kier molecular flexibility index (Phi) is 6.73. The van der Waals surface area contributed by atoms with Crippen molar-refractivity contribution in [2.75, 3.05) is 13.7 Å². The summed E-state index contributed by atoms with van der Waals surface area (Å²) in [6.45, 7) is 4.14. The van der Waals surface area contributed by atoms with Gasteiger partial charge in [0.25, 0.3) is 0 Å². The standard InChI is InChI=1S/C27H23NO6/c1-4-32-24-15-18(11-12-23(24)33-26(29)20-9-6-10-21(16-20)31-3)14-22-27(30)34-25(28-22)19-8-5-7-17(2)13-19/h5-16H,4H2,1-3H3. The van der Waals surface area contributed by atoms with E-state index in [1.165, 1.54) is 7.11 Å². The zero-order chi connectivity index (χ0) is 24.1. The summed E-state index contributed by atoms with van der Waals surface area (Å²) in [4.78, 5) is 29.3. The minimum absolute atomic E-state index is 0.167. The number of cyclic esters (lactones) is 1. The fraction of sp³-hybridized carbons (Fsp3) is 0.148. The SMILES string of the molecule is CCOc1cc(C=C2N=C(c3cccc(C)c3)OC2=O)ccc1OC(=O)c1cccc(OC)c1. The average Bonchev–Trinajstić information content (AvgIpc) is 3.21. The monoisotopic (exact) mass is 457 g/mol. The van der Waals surface area contributed by atoms with Gasteiger partial charge in [0.2, 0.25) is 5.90 Å². The number of carbonyl (C=O) groups is 2. The molecule has 1 aliphatic heterocycles. The van der Waals surface area contributed by atoms with Crippen LogP contribution in [-0.4, -0.2) is 31.6 Å². The average molecular weight is 457 g/mol. The van der Waals surface area contributed by atoms with Crippen molar-refractivity contribution in [2.24, 2.45) is 4.99 Å². The van der Waals surface area contributed by atoms with E-state index in [1.807, 2.05) is 38.1 Å². The third kappa shape index (κ3) is 5.15. The van der Waals surface area contributed by atoms with E-state index >= 15 is 0 Å². The van der Waals surface area contributed by atoms with Gasteiger partial charge in [0.15, 0.2) is 17.2 Å². The second kappa shape index (κ2) is 10.0. The highest BCUT2D eigenvalue weighted by Gasteiger charge is 2.24. The zero-order valence-electron chi connectivity index (χ0n) is 19.0. The van der Waals surface area contributed by atoms with Crippen molar-refractivity contribution >= 4 is 23.9 Å². The molecule has 7 nitrogen and oxygen atoms in total. The number of benzene rings is 3. The first-order chi connectivity index (χ1) is 16.5. The number of hydrogen-bond acceptors (Lipinski definition) is 7. The number of ether oxygens (including phenoxy) is 4. The van der Waals surface area contributed by atoms with Gasteiger partial charge >= 0.3 is 11.9 Å². The van der Waals surface area contributed by atoms with Crippen LogP contribution < -0.4 is 14.2 Å². The van der Waals surface area contributed by atoms with Crippen LogP contribution in [0.25, 0.3) is 6.08 Å². The van der Waals surface area contributed by atoms with Crippen molar-refractivity contribution in [1.29, 1.82) is 0 Å². The van der Waals surface area contributed by atoms with Gasteiger partial charge in [0.05, 0.1) is 19.3 Å². The third-order valence-electron chi connectivity index (χ3n) is 4.96. The molecule has 0 fully saturated rings. The van der Waals surface area contributed by atoms with Crippen molar-refractivity contribution in [1.82, 2.24) is 0 Å². The maximum absolute atomic E-state index is 12.6. The lowest BCUT2D eigenvalue weighted by Crippen LogP contribution is -2.10. The highest BCUT2D eigenvalue weighted by Crippen LogP contribution is 2.31. The van der Waals surface area contributed by atoms with Crippen molar-refractivity contribution in [3.63, 3.8) is 0 Å². The van der Waals surface area contributed by atoms with E-state index in [9.17, 15) is 9.59 Å². The Labute approximate surface area is 197 Å². The first-order valence-electron chi connectivity index (χ1n) is 10.7. The highest BCUT2D eigenvalue weighted by atomic mass is 16.6. The number of esters is 2. The Hall–Kier alpha value is -4.39. The molecule has 4 rings (SSSR count). The number of methoxy groups -OCH3 is 1. The minimum atomic E-state index is -0.544. The van der Waals surface area contributed by atoms with E-state index < -0.39 is 11.9 Å². The fourth-order valence-corrected chi connectivity index (χ4v) is 3.34. The molecular weight excluding hydrogens is 434 g/mol. The van der Waals surface area contributed by atoms with Crippen molar-refractivity contribution in [3.05, 3.63) is 94.7 Å². The number of rotatable bonds is 7. The van der Waals surface area contributed by atoms with Crippen molar-refractivity contribution in [2.45, 2.75) is 13.8 Å². The molecule has 0 saturated heterocycles. The maximum atomic E-state index is 12.6. The first kappa shape index (κ1) is 22.8. The number of nitrogens with zero attached hydrogens (tertiary/aromatic N) is 1. The smallest absolute Gasteiger partial charge is 0.363 e. The third-order valence-corrected chi connectivity index (χ3v) is 4.96. The molecular formula is C27H23NO6. The molecule has 0 aliphatic carbocycles. The van der Waals surface area contributed by atoms with Gasteiger partial charge in [0, 0.05) is 5.56 Å². The summed E-state index contributed by atoms with van der Waals surface area (Å²) in [5.41, 5.74) is 2.92. The molecule has 34 heavy (non-hydrogen) atoms. The van der Waals surface area contributed by atoms with Crippen LogP contribution in [0.15, 0.2) is 77.4 Å². The van der Waals surface area contributed by atoms with E-state index in [1.54, 1.807) is 48.5 Å². The molecule has 0 aromatic heterocycles. The van der Waals surface area contributed by atoms with Crippen LogP contribution >= 0.6 is 0 Å². The predicted octanol–water partition coefficient (Wildman–Crippen LogP) is 4.97. The molecule has 0 saturated carbocycles. The molecule has 0 amide bonds. The molecule has 3 aromatic carbocycles. The normalized spacial score (nSPS) is 13.9. The van der Waals surface area contributed by atoms with Gasteiger partial charge in [-0.2, -0.15) is 0 Å². The molecule has 1 heterocycles. The minimum Gasteiger partial charge on any atom is -0.497 e. The molecule has 0 bridgehead atoms. The van der Waals surface area contributed by atoms with Gasteiger partial charge in [-0.15, -0.1) is 0 Å². The Balaban J connectivity index is 1.59. The van der Waals surface area contributed by atoms with Crippen LogP contribution in [0.5, 0.6) is 17.2 Å². The lowest BCUT2D eigenvalue weighted by atomic mass is 10.1. The number of aliphatic imine (C=N–C) groups is 1. The Bertz CT molecular complexity index is 1310. The molecule has 0 radical (unpaired) electrons. The van der Waals surface area contributed by atoms with E-state index in [2.05, 4.69) is 4.99 Å². The Morgan fingerprint density at radius 2 is 1.85 bits per heavy atom. The van der Waals surface area contributed by atoms with Gasteiger partial charge in [-0.3, -0.25) is 0 Å². The summed E-state index contributed by atoms with van der Waals surface area (Å²) >= 11 is 0. The first-order valence-corrected chi connectivity index (χ1v) is 10.7. The van der Waals surface area contributed by atoms with Crippen LogP contribution in [0, 0.1) is 6.92 Å². The second-order valence-corrected chi connectivity index (χ2v) is 7.47. The summed E-state index contributed by atoms with van der Waals surface area (Å²) in [5, 5.41) is 0. The lowest BCUT2D eigenvalue weighted by Gasteiger charge is -2.12. The predicted molar refractivity (Wildman–Crippen MR) is 127 cm³/mol. The van der Waals surface area contributed by atoms with Gasteiger partial charge in [-0.1, -0.05) is 29.8 Å². The Morgan fingerprint density at radius 3 is 2.62 bits per heavy atom. The van der Waals surface area contributed by atoms with Gasteiger partial charge in [-0.25, -0.2) is 14.6 Å². The second-order valence-electron chi connectivity index (χ2n) is 7.47. The quantitative estimate of drug-likeness (QED) is 0.283. The highest BCUT2D eigenvalue weighted by molar-refractivity contribution is 6.12. The molecule has 0 unspecified atom stereocenters. The van der Waals surface area contributed by atoms with E-state index in [4.69, 9.17) is 18.9 Å². The molecule has 0 N–H and O–H groups in total.